The number of allylic oxidation sites excluding steroid dienone is 7. The predicted molar refractivity (Wildman–Crippen MR) is 339 cm³/mol. The fraction of sp³-hybridized carbons (Fsp3) is 0.349. The summed E-state index contributed by atoms with van der Waals surface area (Å²) in [6.07, 6.45) is 12.7. The number of H-pyrrole nitrogens is 1. The number of fused-ring (bicyclic) bond motifs is 3. The molecule has 26 heteroatoms. The molecule has 4 heterocycles. The number of rotatable bonds is 25. The molecule has 0 saturated carbocycles. The first-order chi connectivity index (χ1) is 41.9. The number of carbonyl (C=O) groups excluding carboxylic acids is 1. The van der Waals surface area contributed by atoms with Gasteiger partial charge in [0.2, 0.25) is 11.6 Å². The zero-order valence-corrected chi connectivity index (χ0v) is 52.3. The van der Waals surface area contributed by atoms with Crippen molar-refractivity contribution in [1.29, 1.82) is 0 Å². The standard InChI is InChI=1S/C63H71N9O14S3/c1-39-13-25-51-48(33-39)62(2,3)53(71(51)29-6-8-31-87(77,78)79)27-19-42-11-10-12-43(20-28-54-63(4,5)49-34-41(38-89(83,84)85)16-26-52(49)72(54)30-7-9-32-88(80,81)82)56(42)86-47-23-14-40(15-24-47)35-50(60(75)76)68-58(73)44-17-21-45(22-18-44)65-36-46-37-66-57-55(67-46)59(74)70-61(64)69-57/h13-28,33-34,37,50H,6-12,29-32,35-36,38H2,1-5H3,(H8-,64,65,66,68,69,70,73,74,75,76,77,78,79,80,81,82,83,84,85)/p+1/t50-/m0/s1/i14+1,15+1,23+1,35+1,40+1,47+1. The lowest BCUT2D eigenvalue weighted by atomic mass is 9.80. The highest BCUT2D eigenvalue weighted by Gasteiger charge is 2.45. The first-order valence-corrected chi connectivity index (χ1v) is 33.8. The largest absolute Gasteiger partial charge is 0.480 e. The third kappa shape index (κ3) is 16.1. The number of carboxylic acids is 1. The van der Waals surface area contributed by atoms with Gasteiger partial charge in [-0.1, -0.05) is 55.8 Å². The predicted octanol–water partition coefficient (Wildman–Crippen LogP) is 8.42. The number of hydrogen-bond acceptors (Lipinski definition) is 16. The van der Waals surface area contributed by atoms with E-state index in [0.717, 1.165) is 57.0 Å². The molecule has 89 heavy (non-hydrogen) atoms. The summed E-state index contributed by atoms with van der Waals surface area (Å²) in [5.74, 6) is -2.33. The molecule has 0 saturated heterocycles. The number of benzene rings is 4. The van der Waals surface area contributed by atoms with E-state index in [9.17, 15) is 58.4 Å². The summed E-state index contributed by atoms with van der Waals surface area (Å²) in [4.78, 5) is 55.6. The van der Waals surface area contributed by atoms with Gasteiger partial charge in [-0.25, -0.2) is 14.8 Å². The van der Waals surface area contributed by atoms with E-state index in [2.05, 4.69) is 72.1 Å². The number of aliphatic carboxylic acids is 1. The number of aromatic amines is 1. The lowest BCUT2D eigenvalue weighted by Gasteiger charge is -2.27. The molecule has 0 radical (unpaired) electrons. The minimum atomic E-state index is -4.36. The summed E-state index contributed by atoms with van der Waals surface area (Å²) < 4.78 is 109. The topological polar surface area (TPSA) is 355 Å². The van der Waals surface area contributed by atoms with Crippen molar-refractivity contribution in [2.24, 2.45) is 0 Å². The molecule has 0 unspecified atom stereocenters. The highest BCUT2D eigenvalue weighted by molar-refractivity contribution is 7.86. The van der Waals surface area contributed by atoms with E-state index in [1.54, 1.807) is 66.7 Å². The van der Waals surface area contributed by atoms with Gasteiger partial charge in [-0.3, -0.25) is 28.2 Å². The van der Waals surface area contributed by atoms with Crippen LogP contribution in [-0.4, -0.2) is 117 Å². The number of nitrogens with two attached hydrogens (primary N) is 1. The van der Waals surface area contributed by atoms with Gasteiger partial charge in [-0.15, -0.1) is 0 Å². The van der Waals surface area contributed by atoms with E-state index < -0.39 is 76.2 Å². The number of ether oxygens (including phenoxy) is 1. The first kappa shape index (κ1) is 65.1. The Morgan fingerprint density at radius 3 is 2.19 bits per heavy atom. The number of carbonyl (C=O) groups is 2. The maximum absolute atomic E-state index is 13.5. The second-order valence-electron chi connectivity index (χ2n) is 23.5. The van der Waals surface area contributed by atoms with Gasteiger partial charge in [0.05, 0.1) is 35.4 Å². The molecule has 1 atom stereocenters. The maximum atomic E-state index is 13.5. The molecule has 3 aliphatic rings. The highest BCUT2D eigenvalue weighted by Crippen LogP contribution is 2.49. The number of nitrogens with one attached hydrogen (secondary N) is 3. The minimum Gasteiger partial charge on any atom is -0.480 e. The molecule has 1 amide bonds. The van der Waals surface area contributed by atoms with Gasteiger partial charge in [0.1, 0.15) is 29.8 Å². The Kier molecular flexibility index (Phi) is 19.3. The smallest absolute Gasteiger partial charge is 0.326 e. The lowest BCUT2D eigenvalue weighted by Crippen LogP contribution is -2.42. The molecule has 4 aromatic carbocycles. The summed E-state index contributed by atoms with van der Waals surface area (Å²) >= 11 is 0. The van der Waals surface area contributed by atoms with Gasteiger partial charge in [-0.05, 0) is 148 Å². The van der Waals surface area contributed by atoms with E-state index in [1.165, 1.54) is 6.20 Å². The summed E-state index contributed by atoms with van der Waals surface area (Å²) in [7, 11) is -12.7. The number of nitrogen functional groups attached to an aromatic ring is 1. The Morgan fingerprint density at radius 1 is 0.809 bits per heavy atom. The van der Waals surface area contributed by atoms with Gasteiger partial charge in [-0.2, -0.15) is 34.8 Å². The fourth-order valence-electron chi connectivity index (χ4n) is 11.6. The molecular weight excluding hydrogens is 1210 g/mol. The second kappa shape index (κ2) is 26.4. The van der Waals surface area contributed by atoms with Crippen molar-refractivity contribution >= 4 is 82.1 Å². The van der Waals surface area contributed by atoms with Gasteiger partial charge < -0.3 is 31.1 Å². The average molecular weight is 1280 g/mol. The molecule has 23 nitrogen and oxygen atoms in total. The van der Waals surface area contributed by atoms with Gasteiger partial charge in [0.25, 0.3) is 41.8 Å². The quantitative estimate of drug-likeness (QED) is 0.0115. The summed E-state index contributed by atoms with van der Waals surface area (Å²) in [6.45, 7) is 11.3. The van der Waals surface area contributed by atoms with Gasteiger partial charge in [0, 0.05) is 65.1 Å². The van der Waals surface area contributed by atoms with Crippen molar-refractivity contribution < 1.29 is 62.9 Å². The van der Waals surface area contributed by atoms with E-state index in [-0.39, 0.29) is 54.2 Å². The molecule has 1 aliphatic carbocycles. The summed E-state index contributed by atoms with van der Waals surface area (Å²) in [5, 5.41) is 16.1. The summed E-state index contributed by atoms with van der Waals surface area (Å²) in [5.41, 5.74) is 14.4. The van der Waals surface area contributed by atoms with Crippen LogP contribution in [0.3, 0.4) is 0 Å². The Labute approximate surface area is 516 Å². The fourth-order valence-corrected chi connectivity index (χ4v) is 13.3. The van der Waals surface area contributed by atoms with Crippen LogP contribution in [0.15, 0.2) is 143 Å². The number of nitrogens with zero attached hydrogens (tertiary/aromatic N) is 5. The van der Waals surface area contributed by atoms with Crippen LogP contribution >= 0.6 is 0 Å². The van der Waals surface area contributed by atoms with Crippen LogP contribution in [0.5, 0.6) is 5.75 Å². The molecule has 470 valence electrons. The number of hydrogen-bond donors (Lipinski definition) is 8. The second-order valence-corrected chi connectivity index (χ2v) is 28.1. The number of aromatic nitrogens is 4. The Balaban J connectivity index is 1.01. The first-order valence-electron chi connectivity index (χ1n) is 28.9. The Hall–Kier alpha value is -8.40. The zero-order chi connectivity index (χ0) is 64.2. The van der Waals surface area contributed by atoms with Crippen molar-refractivity contribution in [3.63, 3.8) is 0 Å². The lowest BCUT2D eigenvalue weighted by molar-refractivity contribution is -0.438. The van der Waals surface area contributed by atoms with Crippen LogP contribution < -0.4 is 31.6 Å². The third-order valence-electron chi connectivity index (χ3n) is 16.1. The monoisotopic (exact) mass is 1280 g/mol. The van der Waals surface area contributed by atoms with Gasteiger partial charge >= 0.3 is 5.97 Å². The van der Waals surface area contributed by atoms with E-state index >= 15 is 0 Å². The minimum absolute atomic E-state index is 0.0304. The van der Waals surface area contributed by atoms with Crippen molar-refractivity contribution in [2.75, 3.05) is 40.5 Å². The van der Waals surface area contributed by atoms with Crippen molar-refractivity contribution in [3.8, 4) is 5.75 Å². The van der Waals surface area contributed by atoms with Crippen LogP contribution in [0.1, 0.15) is 117 Å². The zero-order valence-electron chi connectivity index (χ0n) is 49.9. The summed E-state index contributed by atoms with van der Waals surface area (Å²) in [6, 6.07) is 23.4. The van der Waals surface area contributed by atoms with Crippen LogP contribution in [0.2, 0.25) is 0 Å². The van der Waals surface area contributed by atoms with Crippen LogP contribution in [-0.2, 0) is 64.7 Å². The van der Waals surface area contributed by atoms with Crippen LogP contribution in [0.4, 0.5) is 23.0 Å². The van der Waals surface area contributed by atoms with Crippen molar-refractivity contribution in [1.82, 2.24) is 25.3 Å². The molecule has 9 rings (SSSR count). The molecular formula is C63H72N9O14S3+. The number of anilines is 3. The Morgan fingerprint density at radius 2 is 1.51 bits per heavy atom. The van der Waals surface area contributed by atoms with E-state index in [0.29, 0.717) is 72.8 Å². The molecule has 0 spiro atoms. The van der Waals surface area contributed by atoms with Crippen molar-refractivity contribution in [3.05, 3.63) is 187 Å². The van der Waals surface area contributed by atoms with E-state index in [1.807, 2.05) is 45.1 Å². The third-order valence-corrected chi connectivity index (χ3v) is 18.4. The van der Waals surface area contributed by atoms with Crippen molar-refractivity contribution in [2.45, 2.75) is 115 Å². The molecule has 2 aromatic heterocycles. The van der Waals surface area contributed by atoms with Gasteiger partial charge in [0.15, 0.2) is 16.9 Å². The number of aryl methyl sites for hydroxylation is 1. The molecule has 9 N–H and O–H groups in total. The number of amides is 1. The molecule has 0 fully saturated rings. The normalized spacial score (nSPS) is 17.0. The maximum Gasteiger partial charge on any atom is 0.326 e. The highest BCUT2D eigenvalue weighted by atomic mass is 32.2. The van der Waals surface area contributed by atoms with Crippen LogP contribution in [0, 0.1) is 6.92 Å². The number of carboxylic acid groups (broad SMARTS) is 1. The molecule has 6 aromatic rings. The van der Waals surface area contributed by atoms with E-state index in [4.69, 9.17) is 10.5 Å². The molecule has 2 aliphatic heterocycles. The SMILES string of the molecule is Cc1ccc2c(c1)C(C)(C)/C(=C\C=C1/CCCC(/C=C/C3=[N+](CCCCS(=O)(=O)O)c4ccc(CS(=O)(=O)O)cc4C3(C)C)=C1O[13c]1c[13cH][13c]([13CH2][C@H](NC(=O)c3ccc(NCc4cnc5nc(N)[nH]c(=O)c5n4)cc3)C(=O)O)[13cH][13cH]1)N2CCCCS(=O)(=O)O. The van der Waals surface area contributed by atoms with Crippen LogP contribution in [0.25, 0.3) is 11.2 Å². The average Bonchev–Trinajstić information content (AvgIpc) is 1.61. The Bertz CT molecular complexity index is 4330. The molecule has 0 bridgehead atoms. The number of unbranched alkanes of at least 4 members (excludes halogenated alkanes) is 2.